The van der Waals surface area contributed by atoms with Crippen LogP contribution in [-0.2, 0) is 0 Å². The fourth-order valence-corrected chi connectivity index (χ4v) is 2.75. The third kappa shape index (κ3) is 5.18. The zero-order valence-electron chi connectivity index (χ0n) is 14.8. The molecule has 1 aromatic carbocycles. The van der Waals surface area contributed by atoms with E-state index in [0.29, 0.717) is 0 Å². The maximum Gasteiger partial charge on any atom is 0.250 e. The Morgan fingerprint density at radius 1 is 1.18 bits per heavy atom. The molecule has 0 saturated carbocycles. The third-order valence-electron chi connectivity index (χ3n) is 4.20. The van der Waals surface area contributed by atoms with Gasteiger partial charge in [0.1, 0.15) is 5.75 Å². The van der Waals surface area contributed by atoms with Gasteiger partial charge in [-0.2, -0.15) is 0 Å². The first-order chi connectivity index (χ1) is 10.2. The van der Waals surface area contributed by atoms with Crippen LogP contribution in [0.5, 0.6) is 11.5 Å². The Labute approximate surface area is 136 Å². The van der Waals surface area contributed by atoms with Gasteiger partial charge in [-0.15, -0.1) is 0 Å². The monoisotopic (exact) mass is 322 g/mol. The predicted octanol–water partition coefficient (Wildman–Crippen LogP) is 4.86. The summed E-state index contributed by atoms with van der Waals surface area (Å²) in [6, 6.07) is 6.03. The van der Waals surface area contributed by atoms with Crippen LogP contribution in [-0.4, -0.2) is 27.1 Å². The highest BCUT2D eigenvalue weighted by molar-refractivity contribution is 6.74. The fraction of sp³-hybridized carbons (Fsp3) is 0.556. The van der Waals surface area contributed by atoms with Crippen LogP contribution in [0.3, 0.4) is 0 Å². The van der Waals surface area contributed by atoms with Crippen molar-refractivity contribution < 1.29 is 14.3 Å². The Bertz CT molecular complexity index is 502. The van der Waals surface area contributed by atoms with E-state index >= 15 is 0 Å². The van der Waals surface area contributed by atoms with Crippen LogP contribution >= 0.6 is 0 Å². The fourth-order valence-electron chi connectivity index (χ4n) is 1.73. The summed E-state index contributed by atoms with van der Waals surface area (Å²) in [7, 11) is -0.199. The smallest absolute Gasteiger partial charge is 0.250 e. The van der Waals surface area contributed by atoms with Crippen molar-refractivity contribution in [2.45, 2.75) is 51.7 Å². The van der Waals surface area contributed by atoms with Gasteiger partial charge in [0.25, 0.3) is 8.32 Å². The molecule has 0 amide bonds. The Morgan fingerprint density at radius 2 is 1.86 bits per heavy atom. The van der Waals surface area contributed by atoms with Crippen molar-refractivity contribution in [2.75, 3.05) is 13.7 Å². The van der Waals surface area contributed by atoms with Crippen LogP contribution in [0.2, 0.25) is 18.1 Å². The van der Waals surface area contributed by atoms with E-state index in [4.69, 9.17) is 14.3 Å². The lowest BCUT2D eigenvalue weighted by Gasteiger charge is -2.36. The van der Waals surface area contributed by atoms with Crippen molar-refractivity contribution in [1.82, 2.24) is 0 Å². The number of aliphatic hydroxyl groups excluding tert-OH is 1. The molecule has 1 rings (SSSR count). The summed E-state index contributed by atoms with van der Waals surface area (Å²) in [4.78, 5) is 0. The molecule has 0 atom stereocenters. The molecule has 0 aliphatic rings. The second kappa shape index (κ2) is 7.84. The molecule has 0 radical (unpaired) electrons. The Kier molecular flexibility index (Phi) is 6.69. The number of allylic oxidation sites excluding steroid dienone is 1. The van der Waals surface area contributed by atoms with Gasteiger partial charge in [0.2, 0.25) is 0 Å². The molecule has 0 aliphatic heterocycles. The minimum absolute atomic E-state index is 0.154. The highest BCUT2D eigenvalue weighted by Crippen LogP contribution is 2.40. The predicted molar refractivity (Wildman–Crippen MR) is 96.2 cm³/mol. The largest absolute Gasteiger partial charge is 0.541 e. The van der Waals surface area contributed by atoms with Crippen molar-refractivity contribution >= 4 is 14.4 Å². The van der Waals surface area contributed by atoms with E-state index in [1.807, 2.05) is 24.3 Å². The average Bonchev–Trinajstić information content (AvgIpc) is 2.43. The molecule has 124 valence electrons. The number of aliphatic hydroxyl groups is 1. The van der Waals surface area contributed by atoms with E-state index in [-0.39, 0.29) is 11.6 Å². The van der Waals surface area contributed by atoms with Gasteiger partial charge in [0.15, 0.2) is 5.75 Å². The molecule has 0 aromatic heterocycles. The molecule has 0 saturated heterocycles. The maximum atomic E-state index is 8.79. The minimum atomic E-state index is -1.87. The van der Waals surface area contributed by atoms with Crippen molar-refractivity contribution in [2.24, 2.45) is 0 Å². The van der Waals surface area contributed by atoms with Crippen LogP contribution in [0.15, 0.2) is 24.3 Å². The van der Waals surface area contributed by atoms with Gasteiger partial charge >= 0.3 is 0 Å². The first kappa shape index (κ1) is 18.8. The molecule has 0 fully saturated rings. The number of hydrogen-bond acceptors (Lipinski definition) is 3. The molecular formula is C18H30O3Si. The van der Waals surface area contributed by atoms with E-state index in [9.17, 15) is 0 Å². The molecular weight excluding hydrogens is 292 g/mol. The van der Waals surface area contributed by atoms with Gasteiger partial charge < -0.3 is 14.3 Å². The van der Waals surface area contributed by atoms with Crippen molar-refractivity contribution in [3.05, 3.63) is 29.8 Å². The molecule has 0 unspecified atom stereocenters. The van der Waals surface area contributed by atoms with Crippen LogP contribution in [0.25, 0.3) is 6.08 Å². The van der Waals surface area contributed by atoms with Crippen molar-refractivity contribution in [3.63, 3.8) is 0 Å². The number of benzene rings is 1. The summed E-state index contributed by atoms with van der Waals surface area (Å²) in [5.41, 5.74) is 1.08. The van der Waals surface area contributed by atoms with Crippen LogP contribution in [0, 0.1) is 0 Å². The summed E-state index contributed by atoms with van der Waals surface area (Å²) in [6.07, 6.45) is 5.79. The van der Waals surface area contributed by atoms with Gasteiger partial charge in [-0.05, 0) is 48.7 Å². The number of hydrogen-bond donors (Lipinski definition) is 1. The third-order valence-corrected chi connectivity index (χ3v) is 8.54. The summed E-state index contributed by atoms with van der Waals surface area (Å²) in [5.74, 6) is 1.59. The number of ether oxygens (including phenoxy) is 1. The molecule has 3 nitrogen and oxygen atoms in total. The van der Waals surface area contributed by atoms with E-state index < -0.39 is 8.32 Å². The highest BCUT2D eigenvalue weighted by atomic mass is 28.4. The zero-order valence-corrected chi connectivity index (χ0v) is 15.8. The standard InChI is InChI=1S/C18H30O3Si/c1-18(2,3)22(5,6)21-16-12-11-15(14-17(16)20-4)10-8-7-9-13-19/h8,10-12,14,19H,7,9,13H2,1-6H3/b10-8+. The van der Waals surface area contributed by atoms with E-state index in [0.717, 1.165) is 29.9 Å². The van der Waals surface area contributed by atoms with Crippen LogP contribution < -0.4 is 9.16 Å². The van der Waals surface area contributed by atoms with E-state index in [2.05, 4.69) is 39.9 Å². The molecule has 4 heteroatoms. The summed E-state index contributed by atoms with van der Waals surface area (Å²) in [6.45, 7) is 11.4. The Balaban J connectivity index is 2.92. The number of methoxy groups -OCH3 is 1. The van der Waals surface area contributed by atoms with Gasteiger partial charge in [-0.25, -0.2) is 0 Å². The normalized spacial score (nSPS) is 12.7. The highest BCUT2D eigenvalue weighted by Gasteiger charge is 2.39. The quantitative estimate of drug-likeness (QED) is 0.575. The van der Waals surface area contributed by atoms with Crippen molar-refractivity contribution in [3.8, 4) is 11.5 Å². The molecule has 0 spiro atoms. The number of unbranched alkanes of at least 4 members (excludes halogenated alkanes) is 1. The second-order valence-electron chi connectivity index (χ2n) is 7.04. The zero-order chi connectivity index (χ0) is 16.8. The second-order valence-corrected chi connectivity index (χ2v) is 11.8. The van der Waals surface area contributed by atoms with Crippen LogP contribution in [0.4, 0.5) is 0 Å². The van der Waals surface area contributed by atoms with Gasteiger partial charge in [0.05, 0.1) is 7.11 Å². The minimum Gasteiger partial charge on any atom is -0.541 e. The van der Waals surface area contributed by atoms with E-state index in [1.54, 1.807) is 7.11 Å². The maximum absolute atomic E-state index is 8.79. The summed E-state index contributed by atoms with van der Waals surface area (Å²) < 4.78 is 11.8. The van der Waals surface area contributed by atoms with Gasteiger partial charge in [-0.1, -0.05) is 39.0 Å². The lowest BCUT2D eigenvalue weighted by molar-refractivity contribution is 0.290. The lowest BCUT2D eigenvalue weighted by Crippen LogP contribution is -2.43. The molecule has 0 heterocycles. The first-order valence-electron chi connectivity index (χ1n) is 7.86. The molecule has 0 aliphatic carbocycles. The summed E-state index contributed by atoms with van der Waals surface area (Å²) >= 11 is 0. The molecule has 0 bridgehead atoms. The number of rotatable bonds is 7. The molecule has 22 heavy (non-hydrogen) atoms. The SMILES string of the molecule is COc1cc(/C=C/CCCO)ccc1O[Si](C)(C)C(C)(C)C. The Morgan fingerprint density at radius 3 is 2.41 bits per heavy atom. The molecule has 1 aromatic rings. The topological polar surface area (TPSA) is 38.7 Å². The molecule has 1 N–H and O–H groups in total. The lowest BCUT2D eigenvalue weighted by atomic mass is 10.1. The van der Waals surface area contributed by atoms with Crippen LogP contribution in [0.1, 0.15) is 39.2 Å². The Hall–Kier alpha value is -1.26. The summed E-state index contributed by atoms with van der Waals surface area (Å²) in [5, 5.41) is 8.94. The average molecular weight is 323 g/mol. The van der Waals surface area contributed by atoms with E-state index in [1.165, 1.54) is 0 Å². The van der Waals surface area contributed by atoms with Gasteiger partial charge in [0, 0.05) is 6.61 Å². The van der Waals surface area contributed by atoms with Crippen molar-refractivity contribution in [1.29, 1.82) is 0 Å². The first-order valence-corrected chi connectivity index (χ1v) is 10.8. The van der Waals surface area contributed by atoms with Gasteiger partial charge in [-0.3, -0.25) is 0 Å².